The molecule has 1 N–H and O–H groups in total. The number of hydrogen-bond acceptors (Lipinski definition) is 4. The van der Waals surface area contributed by atoms with Crippen molar-refractivity contribution in [1.29, 1.82) is 0 Å². The van der Waals surface area contributed by atoms with Crippen molar-refractivity contribution in [1.82, 2.24) is 9.97 Å². The lowest BCUT2D eigenvalue weighted by molar-refractivity contribution is -0.116. The summed E-state index contributed by atoms with van der Waals surface area (Å²) in [5.74, 6) is 0.0420. The van der Waals surface area contributed by atoms with Crippen molar-refractivity contribution in [2.24, 2.45) is 0 Å². The Bertz CT molecular complexity index is 799. The number of hydrogen-bond donors (Lipinski definition) is 1. The fourth-order valence-electron chi connectivity index (χ4n) is 2.24. The fourth-order valence-corrected chi connectivity index (χ4v) is 3.08. The summed E-state index contributed by atoms with van der Waals surface area (Å²) in [6, 6.07) is 11.7. The Kier molecular flexibility index (Phi) is 4.78. The number of amides is 1. The van der Waals surface area contributed by atoms with Gasteiger partial charge in [-0.15, -0.1) is 11.3 Å². The second-order valence-electron chi connectivity index (χ2n) is 5.15. The number of benzene rings is 1. The van der Waals surface area contributed by atoms with Gasteiger partial charge < -0.3 is 5.32 Å². The van der Waals surface area contributed by atoms with Crippen molar-refractivity contribution >= 4 is 22.9 Å². The summed E-state index contributed by atoms with van der Waals surface area (Å²) < 4.78 is 0. The third kappa shape index (κ3) is 3.81. The number of anilines is 1. The lowest BCUT2D eigenvalue weighted by atomic mass is 10.1. The van der Waals surface area contributed by atoms with Gasteiger partial charge in [-0.3, -0.25) is 9.78 Å². The van der Waals surface area contributed by atoms with E-state index in [0.717, 1.165) is 33.9 Å². The maximum absolute atomic E-state index is 11.7. The van der Waals surface area contributed by atoms with E-state index in [0.29, 0.717) is 6.42 Å². The highest BCUT2D eigenvalue weighted by atomic mass is 32.1. The molecule has 0 radical (unpaired) electrons. The fraction of sp³-hybridized carbons (Fsp3) is 0.167. The van der Waals surface area contributed by atoms with Crippen molar-refractivity contribution < 1.29 is 4.79 Å². The molecule has 0 saturated carbocycles. The van der Waals surface area contributed by atoms with Crippen LogP contribution in [0.4, 0.5) is 5.69 Å². The molecule has 3 aromatic rings. The molecule has 0 fully saturated rings. The lowest BCUT2D eigenvalue weighted by Crippen LogP contribution is -2.10. The third-order valence-electron chi connectivity index (χ3n) is 3.35. The molecule has 0 aliphatic heterocycles. The summed E-state index contributed by atoms with van der Waals surface area (Å²) in [5, 5.41) is 5.91. The summed E-state index contributed by atoms with van der Waals surface area (Å²) in [5.41, 5.74) is 3.77. The maximum atomic E-state index is 11.7. The Morgan fingerprint density at radius 1 is 1.17 bits per heavy atom. The van der Waals surface area contributed by atoms with Crippen LogP contribution in [0.3, 0.4) is 0 Å². The summed E-state index contributed by atoms with van der Waals surface area (Å²) >= 11 is 1.60. The van der Waals surface area contributed by atoms with E-state index in [1.807, 2.05) is 48.7 Å². The highest BCUT2D eigenvalue weighted by Gasteiger charge is 2.08. The van der Waals surface area contributed by atoms with E-state index in [-0.39, 0.29) is 5.91 Å². The first-order valence-electron chi connectivity index (χ1n) is 7.52. The molecule has 5 heteroatoms. The molecule has 0 aliphatic carbocycles. The molecule has 2 aromatic heterocycles. The van der Waals surface area contributed by atoms with Gasteiger partial charge in [-0.1, -0.05) is 19.1 Å². The molecule has 0 saturated heterocycles. The normalized spacial score (nSPS) is 10.5. The molecular weight excluding hydrogens is 306 g/mol. The molecule has 1 aromatic carbocycles. The summed E-state index contributed by atoms with van der Waals surface area (Å²) in [7, 11) is 0. The molecule has 116 valence electrons. The monoisotopic (exact) mass is 323 g/mol. The second kappa shape index (κ2) is 7.15. The van der Waals surface area contributed by atoms with Crippen molar-refractivity contribution in [3.8, 4) is 21.8 Å². The van der Waals surface area contributed by atoms with E-state index < -0.39 is 0 Å². The highest BCUT2D eigenvalue weighted by Crippen LogP contribution is 2.29. The Labute approximate surface area is 139 Å². The van der Waals surface area contributed by atoms with Gasteiger partial charge in [-0.05, 0) is 30.7 Å². The van der Waals surface area contributed by atoms with Gasteiger partial charge in [0, 0.05) is 41.0 Å². The molecule has 0 bridgehead atoms. The molecule has 1 amide bonds. The minimum Gasteiger partial charge on any atom is -0.326 e. The Balaban J connectivity index is 1.82. The van der Waals surface area contributed by atoms with Crippen molar-refractivity contribution in [3.05, 3.63) is 54.2 Å². The first-order valence-corrected chi connectivity index (χ1v) is 8.40. The van der Waals surface area contributed by atoms with Crippen LogP contribution in [0, 0.1) is 0 Å². The Morgan fingerprint density at radius 2 is 2.00 bits per heavy atom. The number of aromatic nitrogens is 2. The van der Waals surface area contributed by atoms with Crippen LogP contribution in [0.2, 0.25) is 0 Å². The molecular formula is C18H17N3OS. The van der Waals surface area contributed by atoms with Gasteiger partial charge in [0.25, 0.3) is 0 Å². The molecule has 4 nitrogen and oxygen atoms in total. The molecule has 0 aliphatic rings. The van der Waals surface area contributed by atoms with Crippen LogP contribution >= 0.6 is 11.3 Å². The van der Waals surface area contributed by atoms with Gasteiger partial charge in [0.1, 0.15) is 5.01 Å². The van der Waals surface area contributed by atoms with E-state index in [2.05, 4.69) is 15.3 Å². The van der Waals surface area contributed by atoms with E-state index in [4.69, 9.17) is 0 Å². The first-order chi connectivity index (χ1) is 11.3. The number of nitrogens with zero attached hydrogens (tertiary/aromatic N) is 2. The predicted molar refractivity (Wildman–Crippen MR) is 94.3 cm³/mol. The summed E-state index contributed by atoms with van der Waals surface area (Å²) in [6.07, 6.45) is 4.90. The van der Waals surface area contributed by atoms with E-state index in [1.165, 1.54) is 0 Å². The molecule has 0 atom stereocenters. The number of carbonyl (C=O) groups is 1. The summed E-state index contributed by atoms with van der Waals surface area (Å²) in [6.45, 7) is 1.99. The Morgan fingerprint density at radius 3 is 2.78 bits per heavy atom. The van der Waals surface area contributed by atoms with Crippen LogP contribution in [0.15, 0.2) is 54.2 Å². The zero-order chi connectivity index (χ0) is 16.1. The molecule has 2 heterocycles. The average Bonchev–Trinajstić information content (AvgIpc) is 3.06. The van der Waals surface area contributed by atoms with Crippen LogP contribution in [0.25, 0.3) is 21.8 Å². The predicted octanol–water partition coefficient (Wildman–Crippen LogP) is 4.61. The van der Waals surface area contributed by atoms with Crippen molar-refractivity contribution in [2.45, 2.75) is 19.8 Å². The highest BCUT2D eigenvalue weighted by molar-refractivity contribution is 7.13. The number of rotatable bonds is 5. The van der Waals surface area contributed by atoms with E-state index in [9.17, 15) is 4.79 Å². The second-order valence-corrected chi connectivity index (χ2v) is 6.01. The van der Waals surface area contributed by atoms with Crippen LogP contribution in [0.5, 0.6) is 0 Å². The van der Waals surface area contributed by atoms with Gasteiger partial charge in [-0.2, -0.15) is 0 Å². The van der Waals surface area contributed by atoms with Gasteiger partial charge in [0.15, 0.2) is 0 Å². The Hall–Kier alpha value is -2.53. The molecule has 0 spiro atoms. The molecule has 0 unspecified atom stereocenters. The van der Waals surface area contributed by atoms with E-state index >= 15 is 0 Å². The van der Waals surface area contributed by atoms with Crippen LogP contribution in [-0.2, 0) is 4.79 Å². The number of thiazole rings is 1. The van der Waals surface area contributed by atoms with Gasteiger partial charge in [-0.25, -0.2) is 4.98 Å². The van der Waals surface area contributed by atoms with Crippen LogP contribution in [-0.4, -0.2) is 15.9 Å². The largest absolute Gasteiger partial charge is 0.326 e. The van der Waals surface area contributed by atoms with Crippen molar-refractivity contribution in [3.63, 3.8) is 0 Å². The van der Waals surface area contributed by atoms with Crippen LogP contribution in [0.1, 0.15) is 19.8 Å². The van der Waals surface area contributed by atoms with Gasteiger partial charge in [0.05, 0.1) is 5.69 Å². The third-order valence-corrected chi connectivity index (χ3v) is 4.24. The van der Waals surface area contributed by atoms with Crippen LogP contribution < -0.4 is 5.32 Å². The molecule has 23 heavy (non-hydrogen) atoms. The minimum absolute atomic E-state index is 0.0420. The number of carbonyl (C=O) groups excluding carboxylic acids is 1. The van der Waals surface area contributed by atoms with Crippen molar-refractivity contribution in [2.75, 3.05) is 5.32 Å². The smallest absolute Gasteiger partial charge is 0.224 e. The minimum atomic E-state index is 0.0420. The number of nitrogens with one attached hydrogen (secondary N) is 1. The number of pyridine rings is 1. The summed E-state index contributed by atoms with van der Waals surface area (Å²) in [4.78, 5) is 20.4. The maximum Gasteiger partial charge on any atom is 0.224 e. The van der Waals surface area contributed by atoms with E-state index in [1.54, 1.807) is 23.7 Å². The zero-order valence-corrected chi connectivity index (χ0v) is 13.6. The first kappa shape index (κ1) is 15.4. The van der Waals surface area contributed by atoms with Gasteiger partial charge >= 0.3 is 0 Å². The molecule has 3 rings (SSSR count). The lowest BCUT2D eigenvalue weighted by Gasteiger charge is -2.05. The average molecular weight is 323 g/mol. The topological polar surface area (TPSA) is 54.9 Å². The quantitative estimate of drug-likeness (QED) is 0.746. The standard InChI is InChI=1S/C18H17N3OS/c1-2-4-17(22)20-15-6-3-5-14(11-15)16-12-23-18(21-16)13-7-9-19-10-8-13/h3,5-12H,2,4H2,1H3,(H,20,22). The SMILES string of the molecule is CCCC(=O)Nc1cccc(-c2csc(-c3ccncc3)n2)c1. The zero-order valence-electron chi connectivity index (χ0n) is 12.8. The van der Waals surface area contributed by atoms with Gasteiger partial charge in [0.2, 0.25) is 5.91 Å².